The van der Waals surface area contributed by atoms with Gasteiger partial charge in [0, 0.05) is 13.1 Å². The fourth-order valence-electron chi connectivity index (χ4n) is 2.29. The van der Waals surface area contributed by atoms with Gasteiger partial charge in [0.1, 0.15) is 0 Å². The molecule has 8 heteroatoms. The number of nitrogens with zero attached hydrogens (tertiary/aromatic N) is 2. The fraction of sp³-hybridized carbons (Fsp3) is 0.412. The summed E-state index contributed by atoms with van der Waals surface area (Å²) in [6.07, 6.45) is 0.771. The molecule has 1 aromatic carbocycles. The molecule has 25 heavy (non-hydrogen) atoms. The van der Waals surface area contributed by atoms with Crippen LogP contribution in [0.5, 0.6) is 0 Å². The number of hydrogen-bond donors (Lipinski definition) is 2. The third-order valence-electron chi connectivity index (χ3n) is 3.50. The van der Waals surface area contributed by atoms with Gasteiger partial charge >= 0.3 is 6.03 Å². The van der Waals surface area contributed by atoms with Crippen molar-refractivity contribution in [1.82, 2.24) is 20.2 Å². The van der Waals surface area contributed by atoms with Crippen LogP contribution >= 0.6 is 11.8 Å². The van der Waals surface area contributed by atoms with Crippen LogP contribution in [0.25, 0.3) is 10.9 Å². The molecule has 7 nitrogen and oxygen atoms in total. The number of hydrogen-bond acceptors (Lipinski definition) is 5. The molecular weight excluding hydrogens is 340 g/mol. The summed E-state index contributed by atoms with van der Waals surface area (Å²) in [5, 5.41) is 5.25. The molecule has 0 aliphatic rings. The number of para-hydroxylation sites is 1. The molecule has 0 aliphatic carbocycles. The zero-order valence-electron chi connectivity index (χ0n) is 14.5. The Labute approximate surface area is 150 Å². The third kappa shape index (κ3) is 4.60. The van der Waals surface area contributed by atoms with E-state index in [1.807, 2.05) is 13.0 Å². The summed E-state index contributed by atoms with van der Waals surface area (Å²) in [6.45, 7) is 6.37. The Kier molecular flexibility index (Phi) is 6.58. The summed E-state index contributed by atoms with van der Waals surface area (Å²) in [5.41, 5.74) is 0.477. The monoisotopic (exact) mass is 362 g/mol. The standard InChI is InChI=1S/C17H22N4O3S/c1-4-10-21-15(23)12-8-6-7-9-13(12)19-17(21)25-11(3)14(22)20-16(24)18-5-2/h6-9,11H,4-5,10H2,1-3H3,(H2,18,20,22,24). The maximum absolute atomic E-state index is 12.7. The van der Waals surface area contributed by atoms with E-state index in [9.17, 15) is 14.4 Å². The number of aromatic nitrogens is 2. The highest BCUT2D eigenvalue weighted by Gasteiger charge is 2.20. The van der Waals surface area contributed by atoms with Crippen molar-refractivity contribution in [1.29, 1.82) is 0 Å². The van der Waals surface area contributed by atoms with Crippen molar-refractivity contribution >= 4 is 34.6 Å². The van der Waals surface area contributed by atoms with E-state index < -0.39 is 17.2 Å². The molecule has 1 atom stereocenters. The highest BCUT2D eigenvalue weighted by atomic mass is 32.2. The van der Waals surface area contributed by atoms with Gasteiger partial charge in [-0.1, -0.05) is 30.8 Å². The highest BCUT2D eigenvalue weighted by molar-refractivity contribution is 8.00. The van der Waals surface area contributed by atoms with Gasteiger partial charge in [0.15, 0.2) is 5.16 Å². The number of fused-ring (bicyclic) bond motifs is 1. The second-order valence-electron chi connectivity index (χ2n) is 5.48. The molecule has 0 fully saturated rings. The summed E-state index contributed by atoms with van der Waals surface area (Å²) >= 11 is 1.17. The lowest BCUT2D eigenvalue weighted by Crippen LogP contribution is -2.42. The lowest BCUT2D eigenvalue weighted by molar-refractivity contribution is -0.119. The van der Waals surface area contributed by atoms with Crippen molar-refractivity contribution in [3.05, 3.63) is 34.6 Å². The number of carbonyl (C=O) groups is 2. The average molecular weight is 362 g/mol. The Balaban J connectivity index is 2.30. The lowest BCUT2D eigenvalue weighted by atomic mass is 10.2. The molecule has 0 saturated carbocycles. The molecule has 0 spiro atoms. The van der Waals surface area contributed by atoms with Gasteiger partial charge in [0.25, 0.3) is 5.56 Å². The van der Waals surface area contributed by atoms with Crippen LogP contribution in [0.3, 0.4) is 0 Å². The predicted octanol–water partition coefficient (Wildman–Crippen LogP) is 2.13. The maximum Gasteiger partial charge on any atom is 0.321 e. The molecule has 2 rings (SSSR count). The second-order valence-corrected chi connectivity index (χ2v) is 6.79. The number of urea groups is 1. The Morgan fingerprint density at radius 3 is 2.68 bits per heavy atom. The van der Waals surface area contributed by atoms with Crippen LogP contribution in [0.4, 0.5) is 4.79 Å². The first-order valence-electron chi connectivity index (χ1n) is 8.22. The van der Waals surface area contributed by atoms with Crippen molar-refractivity contribution in [3.63, 3.8) is 0 Å². The molecule has 134 valence electrons. The number of rotatable bonds is 6. The minimum absolute atomic E-state index is 0.119. The first kappa shape index (κ1) is 19.0. The summed E-state index contributed by atoms with van der Waals surface area (Å²) in [5.74, 6) is -0.429. The van der Waals surface area contributed by atoms with Crippen LogP contribution in [0.15, 0.2) is 34.2 Å². The largest absolute Gasteiger partial charge is 0.338 e. The van der Waals surface area contributed by atoms with Crippen molar-refractivity contribution in [2.45, 2.75) is 44.1 Å². The topological polar surface area (TPSA) is 93.1 Å². The highest BCUT2D eigenvalue weighted by Crippen LogP contribution is 2.22. The molecule has 0 saturated heterocycles. The van der Waals surface area contributed by atoms with Crippen molar-refractivity contribution in [2.75, 3.05) is 6.54 Å². The maximum atomic E-state index is 12.7. The number of imide groups is 1. The van der Waals surface area contributed by atoms with Gasteiger partial charge in [0.05, 0.1) is 16.2 Å². The molecule has 2 N–H and O–H groups in total. The van der Waals surface area contributed by atoms with E-state index >= 15 is 0 Å². The Hall–Kier alpha value is -2.35. The summed E-state index contributed by atoms with van der Waals surface area (Å²) in [7, 11) is 0. The van der Waals surface area contributed by atoms with Gasteiger partial charge in [-0.15, -0.1) is 0 Å². The normalized spacial score (nSPS) is 12.0. The molecular formula is C17H22N4O3S. The molecule has 1 unspecified atom stereocenters. The Morgan fingerprint density at radius 2 is 2.00 bits per heavy atom. The summed E-state index contributed by atoms with van der Waals surface area (Å²) < 4.78 is 1.59. The van der Waals surface area contributed by atoms with Gasteiger partial charge < -0.3 is 5.32 Å². The van der Waals surface area contributed by atoms with Gasteiger partial charge in [0.2, 0.25) is 5.91 Å². The van der Waals surface area contributed by atoms with Gasteiger partial charge in [-0.05, 0) is 32.4 Å². The number of thioether (sulfide) groups is 1. The van der Waals surface area contributed by atoms with E-state index in [0.717, 1.165) is 6.42 Å². The molecule has 1 aromatic heterocycles. The number of nitrogens with one attached hydrogen (secondary N) is 2. The van der Waals surface area contributed by atoms with Crippen LogP contribution in [0.1, 0.15) is 27.2 Å². The predicted molar refractivity (Wildman–Crippen MR) is 98.8 cm³/mol. The Bertz CT molecular complexity index is 834. The van der Waals surface area contributed by atoms with Gasteiger partial charge in [-0.3, -0.25) is 19.5 Å². The van der Waals surface area contributed by atoms with Crippen molar-refractivity contribution in [3.8, 4) is 0 Å². The van der Waals surface area contributed by atoms with E-state index in [2.05, 4.69) is 15.6 Å². The number of amides is 3. The van der Waals surface area contributed by atoms with E-state index in [4.69, 9.17) is 0 Å². The molecule has 0 bridgehead atoms. The first-order chi connectivity index (χ1) is 12.0. The van der Waals surface area contributed by atoms with Crippen LogP contribution in [0.2, 0.25) is 0 Å². The molecule has 1 heterocycles. The third-order valence-corrected chi connectivity index (χ3v) is 4.59. The van der Waals surface area contributed by atoms with Crippen molar-refractivity contribution < 1.29 is 9.59 Å². The van der Waals surface area contributed by atoms with Crippen molar-refractivity contribution in [2.24, 2.45) is 0 Å². The van der Waals surface area contributed by atoms with Gasteiger partial charge in [-0.25, -0.2) is 9.78 Å². The SMILES string of the molecule is CCCn1c(SC(C)C(=O)NC(=O)NCC)nc2ccccc2c1=O. The molecule has 2 aromatic rings. The fourth-order valence-corrected chi connectivity index (χ4v) is 3.22. The van der Waals surface area contributed by atoms with Crippen LogP contribution in [0, 0.1) is 0 Å². The second kappa shape index (κ2) is 8.66. The van der Waals surface area contributed by atoms with E-state index in [1.54, 1.807) is 36.6 Å². The smallest absolute Gasteiger partial charge is 0.321 e. The lowest BCUT2D eigenvalue weighted by Gasteiger charge is -2.15. The molecule has 0 radical (unpaired) electrons. The first-order valence-corrected chi connectivity index (χ1v) is 9.10. The minimum atomic E-state index is -0.571. The number of carbonyl (C=O) groups excluding carboxylic acids is 2. The summed E-state index contributed by atoms with van der Waals surface area (Å²) in [6, 6.07) is 6.61. The zero-order chi connectivity index (χ0) is 18.4. The molecule has 0 aliphatic heterocycles. The quantitative estimate of drug-likeness (QED) is 0.607. The minimum Gasteiger partial charge on any atom is -0.338 e. The number of benzene rings is 1. The van der Waals surface area contributed by atoms with Crippen LogP contribution in [-0.4, -0.2) is 33.3 Å². The average Bonchev–Trinajstić information content (AvgIpc) is 2.58. The summed E-state index contributed by atoms with van der Waals surface area (Å²) in [4.78, 5) is 40.9. The Morgan fingerprint density at radius 1 is 1.28 bits per heavy atom. The van der Waals surface area contributed by atoms with Crippen LogP contribution < -0.4 is 16.2 Å². The van der Waals surface area contributed by atoms with E-state index in [0.29, 0.717) is 29.1 Å². The van der Waals surface area contributed by atoms with E-state index in [1.165, 1.54) is 11.8 Å². The van der Waals surface area contributed by atoms with E-state index in [-0.39, 0.29) is 5.56 Å². The zero-order valence-corrected chi connectivity index (χ0v) is 15.4. The molecule has 3 amide bonds. The van der Waals surface area contributed by atoms with Crippen LogP contribution in [-0.2, 0) is 11.3 Å². The van der Waals surface area contributed by atoms with Gasteiger partial charge in [-0.2, -0.15) is 0 Å².